The van der Waals surface area contributed by atoms with E-state index in [1.807, 2.05) is 0 Å². The van der Waals surface area contributed by atoms with Crippen LogP contribution in [0.15, 0.2) is 16.9 Å². The Balaban J connectivity index is 1.63. The number of cyclic esters (lactones) is 1. The maximum absolute atomic E-state index is 15.0. The van der Waals surface area contributed by atoms with Crippen molar-refractivity contribution in [2.24, 2.45) is 5.92 Å². The predicted molar refractivity (Wildman–Crippen MR) is 135 cm³/mol. The fourth-order valence-electron chi connectivity index (χ4n) is 6.10. The number of hydrogen-bond acceptors (Lipinski definition) is 7. The van der Waals surface area contributed by atoms with Gasteiger partial charge in [-0.2, -0.15) is 0 Å². The van der Waals surface area contributed by atoms with Crippen molar-refractivity contribution in [3.8, 4) is 11.4 Å². The number of ether oxygens (including phenoxy) is 1. The second-order valence-corrected chi connectivity index (χ2v) is 10.5. The number of aryl methyl sites for hydroxylation is 1. The number of amides is 1. The third-order valence-electron chi connectivity index (χ3n) is 8.42. The summed E-state index contributed by atoms with van der Waals surface area (Å²) in [4.78, 5) is 43.7. The number of pyridine rings is 2. The molecule has 10 heteroatoms. The maximum Gasteiger partial charge on any atom is 0.343 e. The van der Waals surface area contributed by atoms with Gasteiger partial charge in [0, 0.05) is 22.6 Å². The number of nitrogens with one attached hydrogen (secondary N) is 1. The number of aromatic nitrogens is 2. The number of aliphatic hydroxyl groups is 2. The molecule has 0 fully saturated rings. The molecule has 3 aromatic rings. The number of benzene rings is 1. The lowest BCUT2D eigenvalue weighted by molar-refractivity contribution is -0.172. The summed E-state index contributed by atoms with van der Waals surface area (Å²) in [6.45, 7) is 4.64. The van der Waals surface area contributed by atoms with Crippen molar-refractivity contribution >= 4 is 22.8 Å². The van der Waals surface area contributed by atoms with E-state index in [0.29, 0.717) is 35.3 Å². The normalized spacial score (nSPS) is 21.9. The van der Waals surface area contributed by atoms with Gasteiger partial charge >= 0.3 is 5.97 Å². The molecular formula is C28H28FN3O6. The van der Waals surface area contributed by atoms with Gasteiger partial charge in [0.05, 0.1) is 47.6 Å². The Labute approximate surface area is 217 Å². The Morgan fingerprint density at radius 1 is 1.32 bits per heavy atom. The van der Waals surface area contributed by atoms with E-state index >= 15 is 0 Å². The summed E-state index contributed by atoms with van der Waals surface area (Å²) in [6, 6.07) is 2.57. The van der Waals surface area contributed by atoms with Gasteiger partial charge in [-0.1, -0.05) is 13.8 Å². The molecule has 0 bridgehead atoms. The SMILES string of the molecule is CCC1(O)C(=O)OCc2c1cc1n(c2=O)Cc2c-1nc1cc(F)c(C)c3c1c2C(NC(=O)C(C)CO)CC3. The van der Waals surface area contributed by atoms with Gasteiger partial charge in [-0.15, -0.1) is 0 Å². The van der Waals surface area contributed by atoms with Crippen molar-refractivity contribution in [2.75, 3.05) is 6.61 Å². The third kappa shape index (κ3) is 3.23. The fourth-order valence-corrected chi connectivity index (χ4v) is 6.10. The van der Waals surface area contributed by atoms with Crippen LogP contribution in [0, 0.1) is 18.7 Å². The number of hydrogen-bond donors (Lipinski definition) is 3. The zero-order chi connectivity index (χ0) is 27.1. The largest absolute Gasteiger partial charge is 0.458 e. The Hall–Kier alpha value is -3.63. The predicted octanol–water partition coefficient (Wildman–Crippen LogP) is 2.26. The van der Waals surface area contributed by atoms with Gasteiger partial charge in [0.2, 0.25) is 5.91 Å². The first-order valence-corrected chi connectivity index (χ1v) is 12.8. The summed E-state index contributed by atoms with van der Waals surface area (Å²) in [7, 11) is 0. The lowest BCUT2D eigenvalue weighted by atomic mass is 9.81. The Morgan fingerprint density at radius 3 is 2.79 bits per heavy atom. The summed E-state index contributed by atoms with van der Waals surface area (Å²) in [5.41, 5.74) is 2.23. The molecule has 4 heterocycles. The van der Waals surface area contributed by atoms with Crippen LogP contribution in [-0.2, 0) is 39.5 Å². The van der Waals surface area contributed by atoms with Crippen LogP contribution in [0.25, 0.3) is 22.3 Å². The average Bonchev–Trinajstić information content (AvgIpc) is 3.28. The molecule has 1 aromatic carbocycles. The Bertz CT molecular complexity index is 1630. The Kier molecular flexibility index (Phi) is 5.48. The quantitative estimate of drug-likeness (QED) is 0.351. The van der Waals surface area contributed by atoms with E-state index in [4.69, 9.17) is 9.72 Å². The zero-order valence-electron chi connectivity index (χ0n) is 21.4. The average molecular weight is 522 g/mol. The van der Waals surface area contributed by atoms with E-state index in [9.17, 15) is 29.0 Å². The summed E-state index contributed by atoms with van der Waals surface area (Å²) >= 11 is 0. The first-order chi connectivity index (χ1) is 18.1. The van der Waals surface area contributed by atoms with Gasteiger partial charge in [-0.05, 0) is 48.9 Å². The molecule has 38 heavy (non-hydrogen) atoms. The monoisotopic (exact) mass is 521 g/mol. The number of fused-ring (bicyclic) bond motifs is 5. The molecule has 0 spiro atoms. The van der Waals surface area contributed by atoms with Gasteiger partial charge in [0.1, 0.15) is 12.4 Å². The minimum Gasteiger partial charge on any atom is -0.458 e. The van der Waals surface area contributed by atoms with Crippen molar-refractivity contribution in [1.29, 1.82) is 0 Å². The summed E-state index contributed by atoms with van der Waals surface area (Å²) < 4.78 is 21.7. The van der Waals surface area contributed by atoms with E-state index in [2.05, 4.69) is 5.32 Å². The second-order valence-electron chi connectivity index (χ2n) is 10.5. The number of esters is 1. The molecule has 1 aliphatic carbocycles. The molecule has 3 atom stereocenters. The third-order valence-corrected chi connectivity index (χ3v) is 8.42. The van der Waals surface area contributed by atoms with E-state index in [-0.39, 0.29) is 54.6 Å². The number of aliphatic hydroxyl groups excluding tert-OH is 1. The number of carbonyl (C=O) groups is 2. The van der Waals surface area contributed by atoms with Crippen LogP contribution in [0.1, 0.15) is 66.1 Å². The molecule has 6 rings (SSSR count). The van der Waals surface area contributed by atoms with Crippen molar-refractivity contribution in [3.05, 3.63) is 61.7 Å². The number of halogens is 1. The van der Waals surface area contributed by atoms with Crippen molar-refractivity contribution in [2.45, 2.75) is 64.8 Å². The van der Waals surface area contributed by atoms with Crippen LogP contribution in [0.4, 0.5) is 4.39 Å². The van der Waals surface area contributed by atoms with E-state index in [0.717, 1.165) is 22.1 Å². The maximum atomic E-state index is 15.0. The van der Waals surface area contributed by atoms with Gasteiger partial charge in [0.15, 0.2) is 5.60 Å². The van der Waals surface area contributed by atoms with Crippen LogP contribution >= 0.6 is 0 Å². The molecule has 2 aliphatic heterocycles. The molecule has 3 unspecified atom stereocenters. The standard InChI is InChI=1S/C28H28FN3O6/c1-4-28(37)17-7-21-24-15(9-32(21)26(35)16(17)11-38-27(28)36)23-19(31-25(34)12(2)10-33)6-5-14-13(3)18(29)8-20(30-24)22(14)23/h7-8,12,19,33,37H,4-6,9-11H2,1-3H3,(H,31,34). The highest BCUT2D eigenvalue weighted by Crippen LogP contribution is 2.46. The molecule has 9 nitrogen and oxygen atoms in total. The van der Waals surface area contributed by atoms with Crippen LogP contribution in [-0.4, -0.2) is 38.2 Å². The molecule has 0 saturated carbocycles. The molecule has 198 valence electrons. The molecule has 0 saturated heterocycles. The lowest BCUT2D eigenvalue weighted by Gasteiger charge is -2.31. The highest BCUT2D eigenvalue weighted by atomic mass is 19.1. The molecule has 2 aromatic heterocycles. The van der Waals surface area contributed by atoms with Crippen LogP contribution in [0.2, 0.25) is 0 Å². The summed E-state index contributed by atoms with van der Waals surface area (Å²) in [6.07, 6.45) is 1.08. The zero-order valence-corrected chi connectivity index (χ0v) is 21.4. The van der Waals surface area contributed by atoms with Crippen LogP contribution in [0.3, 0.4) is 0 Å². The van der Waals surface area contributed by atoms with Crippen LogP contribution in [0.5, 0.6) is 0 Å². The minimum absolute atomic E-state index is 0.0238. The van der Waals surface area contributed by atoms with Crippen molar-refractivity contribution < 1.29 is 28.9 Å². The lowest BCUT2D eigenvalue weighted by Crippen LogP contribution is -2.44. The smallest absolute Gasteiger partial charge is 0.343 e. The molecule has 1 amide bonds. The highest BCUT2D eigenvalue weighted by molar-refractivity contribution is 5.94. The fraction of sp³-hybridized carbons (Fsp3) is 0.429. The molecule has 0 radical (unpaired) electrons. The van der Waals surface area contributed by atoms with Crippen LogP contribution < -0.4 is 10.9 Å². The van der Waals surface area contributed by atoms with Gasteiger partial charge < -0.3 is 24.8 Å². The van der Waals surface area contributed by atoms with E-state index in [1.54, 1.807) is 26.8 Å². The number of carbonyl (C=O) groups excluding carboxylic acids is 2. The van der Waals surface area contributed by atoms with Crippen molar-refractivity contribution in [1.82, 2.24) is 14.9 Å². The number of nitrogens with zero attached hydrogens (tertiary/aromatic N) is 2. The van der Waals surface area contributed by atoms with Crippen molar-refractivity contribution in [3.63, 3.8) is 0 Å². The summed E-state index contributed by atoms with van der Waals surface area (Å²) in [5.74, 6) is -2.09. The van der Waals surface area contributed by atoms with E-state index in [1.165, 1.54) is 10.6 Å². The molecule has 3 aliphatic rings. The molecular weight excluding hydrogens is 493 g/mol. The van der Waals surface area contributed by atoms with Gasteiger partial charge in [0.25, 0.3) is 5.56 Å². The first kappa shape index (κ1) is 24.7. The Morgan fingerprint density at radius 2 is 2.08 bits per heavy atom. The number of rotatable bonds is 4. The second kappa shape index (κ2) is 8.44. The topological polar surface area (TPSA) is 131 Å². The van der Waals surface area contributed by atoms with Gasteiger partial charge in [-0.25, -0.2) is 14.2 Å². The first-order valence-electron chi connectivity index (χ1n) is 12.8. The van der Waals surface area contributed by atoms with E-state index < -0.39 is 23.5 Å². The molecule has 3 N–H and O–H groups in total. The minimum atomic E-state index is -1.95. The highest BCUT2D eigenvalue weighted by Gasteiger charge is 2.46. The summed E-state index contributed by atoms with van der Waals surface area (Å²) in [5, 5.41) is 24.5. The van der Waals surface area contributed by atoms with Gasteiger partial charge in [-0.3, -0.25) is 9.59 Å².